The van der Waals surface area contributed by atoms with Crippen LogP contribution in [0.15, 0.2) is 48.8 Å². The van der Waals surface area contributed by atoms with Gasteiger partial charge in [-0.1, -0.05) is 0 Å². The summed E-state index contributed by atoms with van der Waals surface area (Å²) in [5, 5.41) is 10.2. The second-order valence-corrected chi connectivity index (χ2v) is 5.98. The molecule has 2 aromatic heterocycles. The van der Waals surface area contributed by atoms with Crippen molar-refractivity contribution in [3.05, 3.63) is 65.6 Å². The Morgan fingerprint density at radius 3 is 2.57 bits per heavy atom. The number of anilines is 1. The Kier molecular flexibility index (Phi) is 3.26. The van der Waals surface area contributed by atoms with Crippen molar-refractivity contribution < 1.29 is 4.79 Å². The van der Waals surface area contributed by atoms with Crippen LogP contribution in [0.1, 0.15) is 40.4 Å². The van der Waals surface area contributed by atoms with Crippen LogP contribution in [0.3, 0.4) is 0 Å². The van der Waals surface area contributed by atoms with E-state index in [9.17, 15) is 4.79 Å². The maximum absolute atomic E-state index is 12.4. The zero-order valence-electron chi connectivity index (χ0n) is 12.9. The summed E-state index contributed by atoms with van der Waals surface area (Å²) in [6, 6.07) is 11.5. The molecule has 1 aromatic carbocycles. The van der Waals surface area contributed by atoms with Crippen molar-refractivity contribution in [3.8, 4) is 5.69 Å². The molecular weight excluding hydrogens is 288 g/mol. The molecule has 0 atom stereocenters. The summed E-state index contributed by atoms with van der Waals surface area (Å²) in [5.74, 6) is 1.08. The summed E-state index contributed by atoms with van der Waals surface area (Å²) in [4.78, 5) is 12.4. The van der Waals surface area contributed by atoms with Gasteiger partial charge >= 0.3 is 0 Å². The van der Waals surface area contributed by atoms with Crippen molar-refractivity contribution in [3.63, 3.8) is 0 Å². The van der Waals surface area contributed by atoms with Crippen LogP contribution in [0.25, 0.3) is 5.69 Å². The van der Waals surface area contributed by atoms with Crippen molar-refractivity contribution in [2.75, 3.05) is 5.32 Å². The highest BCUT2D eigenvalue weighted by molar-refractivity contribution is 6.04. The first kappa shape index (κ1) is 13.8. The minimum atomic E-state index is -0.138. The van der Waals surface area contributed by atoms with Crippen molar-refractivity contribution in [2.45, 2.75) is 25.7 Å². The van der Waals surface area contributed by atoms with E-state index < -0.39 is 0 Å². The number of carbonyl (C=O) groups excluding carboxylic acids is 1. The first-order valence-electron chi connectivity index (χ1n) is 7.82. The molecule has 2 N–H and O–H groups in total. The Labute approximate surface area is 134 Å². The number of nitrogens with zero attached hydrogens (tertiary/aromatic N) is 2. The third kappa shape index (κ3) is 2.65. The summed E-state index contributed by atoms with van der Waals surface area (Å²) in [6.07, 6.45) is 6.36. The van der Waals surface area contributed by atoms with Gasteiger partial charge in [0.1, 0.15) is 0 Å². The summed E-state index contributed by atoms with van der Waals surface area (Å²) in [7, 11) is 0. The Balaban J connectivity index is 1.50. The number of carbonyl (C=O) groups is 1. The summed E-state index contributed by atoms with van der Waals surface area (Å²) in [6.45, 7) is 2.00. The largest absolute Gasteiger partial charge is 0.324 e. The number of H-pyrrole nitrogens is 1. The maximum Gasteiger partial charge on any atom is 0.256 e. The van der Waals surface area contributed by atoms with E-state index in [1.165, 1.54) is 12.8 Å². The van der Waals surface area contributed by atoms with E-state index in [1.807, 2.05) is 60.3 Å². The number of nitrogens with one attached hydrogen (secondary N) is 2. The van der Waals surface area contributed by atoms with Gasteiger partial charge in [-0.2, -0.15) is 5.10 Å². The molecule has 5 heteroatoms. The van der Waals surface area contributed by atoms with E-state index in [0.29, 0.717) is 17.3 Å². The lowest BCUT2D eigenvalue weighted by Gasteiger charge is -2.06. The average molecular weight is 306 g/mol. The lowest BCUT2D eigenvalue weighted by Crippen LogP contribution is -2.13. The van der Waals surface area contributed by atoms with Crippen LogP contribution in [0.2, 0.25) is 0 Å². The highest BCUT2D eigenvalue weighted by Gasteiger charge is 2.28. The molecule has 3 aromatic rings. The van der Waals surface area contributed by atoms with E-state index in [0.717, 1.165) is 16.9 Å². The molecule has 1 aliphatic carbocycles. The number of benzene rings is 1. The fourth-order valence-electron chi connectivity index (χ4n) is 2.77. The van der Waals surface area contributed by atoms with Gasteiger partial charge in [-0.05, 0) is 56.2 Å². The van der Waals surface area contributed by atoms with Gasteiger partial charge in [0.05, 0.1) is 0 Å². The Morgan fingerprint density at radius 1 is 1.22 bits per heavy atom. The molecule has 1 saturated carbocycles. The predicted molar refractivity (Wildman–Crippen MR) is 89.0 cm³/mol. The molecule has 1 aliphatic rings. The molecule has 1 fully saturated rings. The fraction of sp³-hybridized carbons (Fsp3) is 0.222. The molecule has 5 nitrogen and oxygen atoms in total. The van der Waals surface area contributed by atoms with Crippen LogP contribution in [-0.2, 0) is 0 Å². The summed E-state index contributed by atoms with van der Waals surface area (Å²) < 4.78 is 2.00. The maximum atomic E-state index is 12.4. The van der Waals surface area contributed by atoms with Crippen LogP contribution in [0.4, 0.5) is 5.82 Å². The molecule has 0 unspecified atom stereocenters. The van der Waals surface area contributed by atoms with Gasteiger partial charge in [0.25, 0.3) is 5.91 Å². The Bertz CT molecular complexity index is 827. The summed E-state index contributed by atoms with van der Waals surface area (Å²) >= 11 is 0. The van der Waals surface area contributed by atoms with Crippen molar-refractivity contribution in [2.24, 2.45) is 0 Å². The average Bonchev–Trinajstić information content (AvgIpc) is 3.13. The number of hydrogen-bond donors (Lipinski definition) is 2. The van der Waals surface area contributed by atoms with Crippen LogP contribution in [0, 0.1) is 6.92 Å². The van der Waals surface area contributed by atoms with Crippen molar-refractivity contribution >= 4 is 11.7 Å². The third-order valence-corrected chi connectivity index (χ3v) is 4.30. The molecule has 4 rings (SSSR count). The molecule has 0 bridgehead atoms. The lowest BCUT2D eigenvalue weighted by atomic mass is 10.1. The number of aromatic amines is 1. The number of aromatic nitrogens is 3. The monoisotopic (exact) mass is 306 g/mol. The second-order valence-electron chi connectivity index (χ2n) is 5.98. The predicted octanol–water partition coefficient (Wildman–Crippen LogP) is 3.64. The minimum Gasteiger partial charge on any atom is -0.324 e. The van der Waals surface area contributed by atoms with E-state index in [4.69, 9.17) is 0 Å². The molecule has 0 spiro atoms. The van der Waals surface area contributed by atoms with Crippen LogP contribution >= 0.6 is 0 Å². The molecule has 23 heavy (non-hydrogen) atoms. The van der Waals surface area contributed by atoms with Gasteiger partial charge in [0.2, 0.25) is 0 Å². The Morgan fingerprint density at radius 2 is 1.91 bits per heavy atom. The van der Waals surface area contributed by atoms with Crippen LogP contribution < -0.4 is 5.32 Å². The first-order chi connectivity index (χ1) is 11.2. The standard InChI is InChI=1S/C18H18N4O/c1-12-16(13-4-5-13)20-21-17(12)19-18(23)14-6-8-15(9-7-14)22-10-2-3-11-22/h2-3,6-11,13H,4-5H2,1H3,(H2,19,20,21,23). The second kappa shape index (κ2) is 5.43. The van der Waals surface area contributed by atoms with E-state index >= 15 is 0 Å². The highest BCUT2D eigenvalue weighted by Crippen LogP contribution is 2.41. The van der Waals surface area contributed by atoms with E-state index in [2.05, 4.69) is 15.5 Å². The molecule has 116 valence electrons. The quantitative estimate of drug-likeness (QED) is 0.773. The van der Waals surface area contributed by atoms with Crippen LogP contribution in [-0.4, -0.2) is 20.7 Å². The van der Waals surface area contributed by atoms with Gasteiger partial charge in [0.15, 0.2) is 5.82 Å². The molecule has 1 amide bonds. The molecule has 0 saturated heterocycles. The van der Waals surface area contributed by atoms with Crippen molar-refractivity contribution in [1.29, 1.82) is 0 Å². The number of hydrogen-bond acceptors (Lipinski definition) is 2. The third-order valence-electron chi connectivity index (χ3n) is 4.30. The molecular formula is C18H18N4O. The smallest absolute Gasteiger partial charge is 0.256 e. The normalized spacial score (nSPS) is 14.0. The summed E-state index contributed by atoms with van der Waals surface area (Å²) in [5.41, 5.74) is 3.85. The molecule has 0 radical (unpaired) electrons. The van der Waals surface area contributed by atoms with Gasteiger partial charge in [-0.3, -0.25) is 9.89 Å². The van der Waals surface area contributed by atoms with Crippen LogP contribution in [0.5, 0.6) is 0 Å². The lowest BCUT2D eigenvalue weighted by molar-refractivity contribution is 0.102. The van der Waals surface area contributed by atoms with Gasteiger partial charge in [0, 0.05) is 40.8 Å². The van der Waals surface area contributed by atoms with Gasteiger partial charge in [-0.15, -0.1) is 0 Å². The van der Waals surface area contributed by atoms with E-state index in [-0.39, 0.29) is 5.91 Å². The molecule has 0 aliphatic heterocycles. The fourth-order valence-corrected chi connectivity index (χ4v) is 2.77. The zero-order chi connectivity index (χ0) is 15.8. The highest BCUT2D eigenvalue weighted by atomic mass is 16.1. The zero-order valence-corrected chi connectivity index (χ0v) is 12.9. The molecule has 2 heterocycles. The SMILES string of the molecule is Cc1c(NC(=O)c2ccc(-n3cccc3)cc2)n[nH]c1C1CC1. The Hall–Kier alpha value is -2.82. The van der Waals surface area contributed by atoms with Gasteiger partial charge in [-0.25, -0.2) is 0 Å². The first-order valence-corrected chi connectivity index (χ1v) is 7.82. The van der Waals surface area contributed by atoms with E-state index in [1.54, 1.807) is 0 Å². The number of amides is 1. The number of rotatable bonds is 4. The van der Waals surface area contributed by atoms with Gasteiger partial charge < -0.3 is 9.88 Å². The minimum absolute atomic E-state index is 0.138. The topological polar surface area (TPSA) is 62.7 Å². The van der Waals surface area contributed by atoms with Crippen molar-refractivity contribution in [1.82, 2.24) is 14.8 Å².